The molecule has 2 aromatic rings. The molecular weight excluding hydrogens is 330 g/mol. The van der Waals surface area contributed by atoms with Crippen molar-refractivity contribution in [2.24, 2.45) is 0 Å². The molecule has 0 atom stereocenters. The smallest absolute Gasteiger partial charge is 0.223 e. The first kappa shape index (κ1) is 19.5. The molecule has 0 radical (unpaired) electrons. The van der Waals surface area contributed by atoms with Crippen LogP contribution in [0.1, 0.15) is 35.7 Å². The zero-order chi connectivity index (χ0) is 18.9. The molecule has 5 nitrogen and oxygen atoms in total. The molecule has 0 aliphatic heterocycles. The monoisotopic (exact) mass is 355 g/mol. The highest BCUT2D eigenvalue weighted by atomic mass is 16.5. The van der Waals surface area contributed by atoms with Gasteiger partial charge in [-0.3, -0.25) is 9.59 Å². The number of nitrogens with zero attached hydrogens (tertiary/aromatic N) is 1. The molecule has 138 valence electrons. The van der Waals surface area contributed by atoms with Crippen molar-refractivity contribution < 1.29 is 19.1 Å². The van der Waals surface area contributed by atoms with E-state index in [0.717, 1.165) is 5.56 Å². The third kappa shape index (κ3) is 5.09. The zero-order valence-electron chi connectivity index (χ0n) is 15.5. The van der Waals surface area contributed by atoms with E-state index in [-0.39, 0.29) is 24.5 Å². The van der Waals surface area contributed by atoms with Gasteiger partial charge in [-0.1, -0.05) is 36.4 Å². The van der Waals surface area contributed by atoms with Crippen molar-refractivity contribution in [2.45, 2.75) is 26.3 Å². The largest absolute Gasteiger partial charge is 0.493 e. The standard InChI is InChI=1S/C21H25NO4/c1-4-22(15-16-10-12-19(25-2)20(14-16)26-3)21(24)13-11-18(23)17-8-6-5-7-9-17/h5-10,12,14H,4,11,13,15H2,1-3H3. The van der Waals surface area contributed by atoms with Crippen molar-refractivity contribution in [3.63, 3.8) is 0 Å². The number of carbonyl (C=O) groups is 2. The van der Waals surface area contributed by atoms with Crippen LogP contribution < -0.4 is 9.47 Å². The molecular formula is C21H25NO4. The predicted octanol–water partition coefficient (Wildman–Crippen LogP) is 3.72. The number of ketones is 1. The van der Waals surface area contributed by atoms with Crippen molar-refractivity contribution in [3.8, 4) is 11.5 Å². The van der Waals surface area contributed by atoms with Gasteiger partial charge in [0.15, 0.2) is 17.3 Å². The first-order valence-electron chi connectivity index (χ1n) is 8.66. The van der Waals surface area contributed by atoms with Crippen LogP contribution in [0, 0.1) is 0 Å². The Kier molecular flexibility index (Phi) is 7.21. The average Bonchev–Trinajstić information content (AvgIpc) is 2.70. The van der Waals surface area contributed by atoms with Crippen molar-refractivity contribution >= 4 is 11.7 Å². The van der Waals surface area contributed by atoms with Crippen LogP contribution in [-0.4, -0.2) is 37.4 Å². The third-order valence-electron chi connectivity index (χ3n) is 4.22. The molecule has 2 aromatic carbocycles. The number of Topliss-reactive ketones (excluding diaryl/α,β-unsaturated/α-hetero) is 1. The lowest BCUT2D eigenvalue weighted by molar-refractivity contribution is -0.131. The molecule has 0 spiro atoms. The topological polar surface area (TPSA) is 55.8 Å². The molecule has 0 aliphatic rings. The van der Waals surface area contributed by atoms with Gasteiger partial charge < -0.3 is 14.4 Å². The number of amides is 1. The summed E-state index contributed by atoms with van der Waals surface area (Å²) in [5.41, 5.74) is 1.59. The highest BCUT2D eigenvalue weighted by Gasteiger charge is 2.16. The molecule has 0 aromatic heterocycles. The molecule has 2 rings (SSSR count). The highest BCUT2D eigenvalue weighted by Crippen LogP contribution is 2.28. The molecule has 0 aliphatic carbocycles. The van der Waals surface area contributed by atoms with Crippen molar-refractivity contribution in [2.75, 3.05) is 20.8 Å². The molecule has 0 bridgehead atoms. The fourth-order valence-electron chi connectivity index (χ4n) is 2.72. The lowest BCUT2D eigenvalue weighted by atomic mass is 10.1. The van der Waals surface area contributed by atoms with Gasteiger partial charge in [-0.15, -0.1) is 0 Å². The lowest BCUT2D eigenvalue weighted by Crippen LogP contribution is -2.30. The molecule has 0 heterocycles. The van der Waals surface area contributed by atoms with Gasteiger partial charge in [-0.2, -0.15) is 0 Å². The summed E-state index contributed by atoms with van der Waals surface area (Å²) in [7, 11) is 3.17. The lowest BCUT2D eigenvalue weighted by Gasteiger charge is -2.21. The Morgan fingerprint density at radius 1 is 0.923 bits per heavy atom. The average molecular weight is 355 g/mol. The number of hydrogen-bond acceptors (Lipinski definition) is 4. The second-order valence-electron chi connectivity index (χ2n) is 5.89. The highest BCUT2D eigenvalue weighted by molar-refractivity contribution is 5.97. The number of ether oxygens (including phenoxy) is 2. The van der Waals surface area contributed by atoms with Crippen molar-refractivity contribution in [3.05, 3.63) is 59.7 Å². The summed E-state index contributed by atoms with van der Waals surface area (Å²) in [4.78, 5) is 26.4. The van der Waals surface area contributed by atoms with Crippen LogP contribution in [0.3, 0.4) is 0 Å². The van der Waals surface area contributed by atoms with Gasteiger partial charge in [-0.25, -0.2) is 0 Å². The van der Waals surface area contributed by atoms with E-state index in [0.29, 0.717) is 30.2 Å². The summed E-state index contributed by atoms with van der Waals surface area (Å²) >= 11 is 0. The Labute approximate surface area is 154 Å². The Morgan fingerprint density at radius 3 is 2.23 bits per heavy atom. The molecule has 0 unspecified atom stereocenters. The molecule has 0 saturated carbocycles. The number of rotatable bonds is 9. The summed E-state index contributed by atoms with van der Waals surface area (Å²) in [6.07, 6.45) is 0.417. The van der Waals surface area contributed by atoms with Crippen molar-refractivity contribution in [1.82, 2.24) is 4.90 Å². The predicted molar refractivity (Wildman–Crippen MR) is 101 cm³/mol. The van der Waals surface area contributed by atoms with E-state index in [1.165, 1.54) is 0 Å². The molecule has 5 heteroatoms. The molecule has 0 N–H and O–H groups in total. The number of benzene rings is 2. The second kappa shape index (κ2) is 9.61. The van der Waals surface area contributed by atoms with E-state index in [9.17, 15) is 9.59 Å². The van der Waals surface area contributed by atoms with E-state index in [4.69, 9.17) is 9.47 Å². The Morgan fingerprint density at radius 2 is 1.62 bits per heavy atom. The first-order chi connectivity index (χ1) is 12.6. The number of carbonyl (C=O) groups excluding carboxylic acids is 2. The van der Waals surface area contributed by atoms with E-state index in [1.807, 2.05) is 43.3 Å². The van der Waals surface area contributed by atoms with E-state index in [2.05, 4.69) is 0 Å². The van der Waals surface area contributed by atoms with E-state index in [1.54, 1.807) is 31.3 Å². The van der Waals surface area contributed by atoms with Gasteiger partial charge in [0.1, 0.15) is 0 Å². The van der Waals surface area contributed by atoms with Gasteiger partial charge in [0, 0.05) is 31.5 Å². The Hall–Kier alpha value is -2.82. The normalized spacial score (nSPS) is 10.3. The fourth-order valence-corrected chi connectivity index (χ4v) is 2.72. The number of methoxy groups -OCH3 is 2. The van der Waals surface area contributed by atoms with E-state index < -0.39 is 0 Å². The quantitative estimate of drug-likeness (QED) is 0.644. The summed E-state index contributed by atoms with van der Waals surface area (Å²) in [5.74, 6) is 1.24. The summed E-state index contributed by atoms with van der Waals surface area (Å²) in [5, 5.41) is 0. The molecule has 26 heavy (non-hydrogen) atoms. The van der Waals surface area contributed by atoms with Gasteiger partial charge in [-0.05, 0) is 24.6 Å². The van der Waals surface area contributed by atoms with Crippen molar-refractivity contribution in [1.29, 1.82) is 0 Å². The van der Waals surface area contributed by atoms with Crippen LogP contribution in [-0.2, 0) is 11.3 Å². The fraction of sp³-hybridized carbons (Fsp3) is 0.333. The van der Waals surface area contributed by atoms with Crippen LogP contribution in [0.15, 0.2) is 48.5 Å². The molecule has 0 fully saturated rings. The summed E-state index contributed by atoms with van der Waals surface area (Å²) in [6, 6.07) is 14.7. The maximum Gasteiger partial charge on any atom is 0.223 e. The SMILES string of the molecule is CCN(Cc1ccc(OC)c(OC)c1)C(=O)CCC(=O)c1ccccc1. The minimum atomic E-state index is -0.0356. The zero-order valence-corrected chi connectivity index (χ0v) is 15.5. The van der Waals surface area contributed by atoms with Crippen LogP contribution in [0.25, 0.3) is 0 Å². The number of hydrogen-bond donors (Lipinski definition) is 0. The molecule has 0 saturated heterocycles. The first-order valence-corrected chi connectivity index (χ1v) is 8.66. The van der Waals surface area contributed by atoms with Crippen LogP contribution in [0.5, 0.6) is 11.5 Å². The summed E-state index contributed by atoms with van der Waals surface area (Å²) < 4.78 is 10.5. The van der Waals surface area contributed by atoms with Crippen LogP contribution in [0.2, 0.25) is 0 Å². The maximum atomic E-state index is 12.5. The van der Waals surface area contributed by atoms with Crippen LogP contribution >= 0.6 is 0 Å². The Balaban J connectivity index is 1.97. The summed E-state index contributed by atoms with van der Waals surface area (Å²) in [6.45, 7) is 2.97. The Bertz CT molecular complexity index is 743. The van der Waals surface area contributed by atoms with Crippen LogP contribution in [0.4, 0.5) is 0 Å². The van der Waals surface area contributed by atoms with Gasteiger partial charge in [0.25, 0.3) is 0 Å². The third-order valence-corrected chi connectivity index (χ3v) is 4.22. The minimum Gasteiger partial charge on any atom is -0.493 e. The van der Waals surface area contributed by atoms with E-state index >= 15 is 0 Å². The van der Waals surface area contributed by atoms with Gasteiger partial charge >= 0.3 is 0 Å². The maximum absolute atomic E-state index is 12.5. The second-order valence-corrected chi connectivity index (χ2v) is 5.89. The van der Waals surface area contributed by atoms with Gasteiger partial charge in [0.05, 0.1) is 14.2 Å². The minimum absolute atomic E-state index is 0.0129. The van der Waals surface area contributed by atoms with Gasteiger partial charge in [0.2, 0.25) is 5.91 Å². The molecule has 1 amide bonds.